The van der Waals surface area contributed by atoms with Crippen molar-refractivity contribution in [1.29, 1.82) is 0 Å². The van der Waals surface area contributed by atoms with Crippen LogP contribution in [-0.4, -0.2) is 48.3 Å². The molecule has 2 aliphatic heterocycles. The SMILES string of the molecule is O=C(CN1C(=O)N[C@]2(CCOc3ccccc32)C1=O)OCC(=O)c1cccs1. The van der Waals surface area contributed by atoms with E-state index >= 15 is 0 Å². The summed E-state index contributed by atoms with van der Waals surface area (Å²) in [4.78, 5) is 50.8. The number of nitrogens with one attached hydrogen (secondary N) is 1. The number of para-hydroxylation sites is 1. The van der Waals surface area contributed by atoms with Gasteiger partial charge in [0.2, 0.25) is 5.78 Å². The number of urea groups is 1. The first-order valence-electron chi connectivity index (χ1n) is 8.60. The van der Waals surface area contributed by atoms with Crippen molar-refractivity contribution in [3.63, 3.8) is 0 Å². The molecule has 0 aliphatic carbocycles. The van der Waals surface area contributed by atoms with E-state index in [4.69, 9.17) is 9.47 Å². The van der Waals surface area contributed by atoms with E-state index in [1.165, 1.54) is 11.3 Å². The predicted octanol–water partition coefficient (Wildman–Crippen LogP) is 1.70. The number of carbonyl (C=O) groups is 4. The molecule has 1 aromatic heterocycles. The summed E-state index contributed by atoms with van der Waals surface area (Å²) in [7, 11) is 0. The fraction of sp³-hybridized carbons (Fsp3) is 0.263. The average Bonchev–Trinajstić information content (AvgIpc) is 3.31. The molecule has 8 nitrogen and oxygen atoms in total. The lowest BCUT2D eigenvalue weighted by Crippen LogP contribution is -2.47. The fourth-order valence-corrected chi connectivity index (χ4v) is 4.00. The molecule has 3 heterocycles. The van der Waals surface area contributed by atoms with Gasteiger partial charge in [0.25, 0.3) is 5.91 Å². The number of benzene rings is 1. The number of fused-ring (bicyclic) bond motifs is 2. The molecule has 0 radical (unpaired) electrons. The molecule has 2 aliphatic rings. The van der Waals surface area contributed by atoms with Gasteiger partial charge < -0.3 is 14.8 Å². The van der Waals surface area contributed by atoms with Crippen LogP contribution < -0.4 is 10.1 Å². The molecule has 0 saturated carbocycles. The summed E-state index contributed by atoms with van der Waals surface area (Å²) < 4.78 is 10.5. The van der Waals surface area contributed by atoms with E-state index in [1.54, 1.807) is 41.8 Å². The van der Waals surface area contributed by atoms with Gasteiger partial charge in [-0.05, 0) is 17.5 Å². The largest absolute Gasteiger partial charge is 0.493 e. The van der Waals surface area contributed by atoms with Crippen LogP contribution in [0, 0.1) is 0 Å². The van der Waals surface area contributed by atoms with Gasteiger partial charge in [-0.3, -0.25) is 19.3 Å². The molecular formula is C19H16N2O6S. The summed E-state index contributed by atoms with van der Waals surface area (Å²) in [6, 6.07) is 9.64. The van der Waals surface area contributed by atoms with E-state index in [9.17, 15) is 19.2 Å². The number of ether oxygens (including phenoxy) is 2. The summed E-state index contributed by atoms with van der Waals surface area (Å²) >= 11 is 1.24. The zero-order valence-electron chi connectivity index (χ0n) is 14.7. The second-order valence-corrected chi connectivity index (χ2v) is 7.33. The summed E-state index contributed by atoms with van der Waals surface area (Å²) in [5, 5.41) is 4.45. The van der Waals surface area contributed by atoms with Crippen LogP contribution in [0.15, 0.2) is 41.8 Å². The van der Waals surface area contributed by atoms with Crippen molar-refractivity contribution in [3.05, 3.63) is 52.2 Å². The van der Waals surface area contributed by atoms with Crippen molar-refractivity contribution < 1.29 is 28.7 Å². The third kappa shape index (κ3) is 3.03. The molecule has 4 rings (SSSR count). The molecule has 0 bridgehead atoms. The lowest BCUT2D eigenvalue weighted by Gasteiger charge is -2.33. The first kappa shape index (κ1) is 18.2. The molecule has 1 aromatic carbocycles. The molecule has 3 amide bonds. The highest BCUT2D eigenvalue weighted by Gasteiger charge is 2.55. The van der Waals surface area contributed by atoms with E-state index in [2.05, 4.69) is 5.32 Å². The van der Waals surface area contributed by atoms with Gasteiger partial charge in [0, 0.05) is 12.0 Å². The summed E-state index contributed by atoms with van der Waals surface area (Å²) in [6.45, 7) is -0.741. The van der Waals surface area contributed by atoms with Crippen LogP contribution in [-0.2, 0) is 19.9 Å². The Morgan fingerprint density at radius 3 is 2.82 bits per heavy atom. The topological polar surface area (TPSA) is 102 Å². The van der Waals surface area contributed by atoms with Crippen LogP contribution in [0.1, 0.15) is 21.7 Å². The Balaban J connectivity index is 1.45. The molecule has 2 aromatic rings. The van der Waals surface area contributed by atoms with Crippen LogP contribution in [0.4, 0.5) is 4.79 Å². The molecule has 0 unspecified atom stereocenters. The number of ketones is 1. The Morgan fingerprint density at radius 1 is 1.21 bits per heavy atom. The monoisotopic (exact) mass is 400 g/mol. The third-order valence-electron chi connectivity index (χ3n) is 4.70. The normalized spacial score (nSPS) is 20.5. The molecule has 1 atom stereocenters. The molecule has 144 valence electrons. The van der Waals surface area contributed by atoms with E-state index < -0.39 is 36.6 Å². The number of amides is 3. The number of imide groups is 1. The standard InChI is InChI=1S/C19H16N2O6S/c22-13(15-6-3-9-28-15)11-27-16(23)10-21-17(24)19(20-18(21)25)7-8-26-14-5-2-1-4-12(14)19/h1-6,9H,7-8,10-11H2,(H,20,25)/t19-/m0/s1. The first-order valence-corrected chi connectivity index (χ1v) is 9.48. The first-order chi connectivity index (χ1) is 13.5. The number of hydrogen-bond acceptors (Lipinski definition) is 7. The Kier molecular flexibility index (Phi) is 4.60. The lowest BCUT2D eigenvalue weighted by molar-refractivity contribution is -0.147. The number of esters is 1. The maximum absolute atomic E-state index is 13.0. The quantitative estimate of drug-likeness (QED) is 0.466. The Morgan fingerprint density at radius 2 is 2.04 bits per heavy atom. The van der Waals surface area contributed by atoms with Crippen LogP contribution in [0.3, 0.4) is 0 Å². The van der Waals surface area contributed by atoms with E-state index in [0.29, 0.717) is 16.2 Å². The average molecular weight is 400 g/mol. The van der Waals surface area contributed by atoms with Crippen molar-refractivity contribution in [3.8, 4) is 5.75 Å². The molecule has 28 heavy (non-hydrogen) atoms. The van der Waals surface area contributed by atoms with Crippen molar-refractivity contribution in [1.82, 2.24) is 10.2 Å². The van der Waals surface area contributed by atoms with Crippen LogP contribution in [0.25, 0.3) is 0 Å². The zero-order chi connectivity index (χ0) is 19.7. The van der Waals surface area contributed by atoms with Crippen LogP contribution >= 0.6 is 11.3 Å². The molecule has 1 fully saturated rings. The number of thiophene rings is 1. The van der Waals surface area contributed by atoms with E-state index in [1.807, 2.05) is 0 Å². The highest BCUT2D eigenvalue weighted by Crippen LogP contribution is 2.40. The Hall–Kier alpha value is -3.20. The molecule has 1 spiro atoms. The smallest absolute Gasteiger partial charge is 0.326 e. The molecule has 1 saturated heterocycles. The van der Waals surface area contributed by atoms with Gasteiger partial charge >= 0.3 is 12.0 Å². The number of nitrogens with zero attached hydrogens (tertiary/aromatic N) is 1. The van der Waals surface area contributed by atoms with Gasteiger partial charge in [0.15, 0.2) is 12.1 Å². The zero-order valence-corrected chi connectivity index (χ0v) is 15.5. The maximum atomic E-state index is 13.0. The highest BCUT2D eigenvalue weighted by molar-refractivity contribution is 7.12. The molecule has 1 N–H and O–H groups in total. The van der Waals surface area contributed by atoms with E-state index in [0.717, 1.165) is 4.90 Å². The number of hydrogen-bond donors (Lipinski definition) is 1. The van der Waals surface area contributed by atoms with Gasteiger partial charge in [-0.15, -0.1) is 11.3 Å². The second-order valence-electron chi connectivity index (χ2n) is 6.38. The van der Waals surface area contributed by atoms with Gasteiger partial charge in [-0.25, -0.2) is 4.79 Å². The lowest BCUT2D eigenvalue weighted by atomic mass is 9.84. The van der Waals surface area contributed by atoms with Gasteiger partial charge in [0.05, 0.1) is 11.5 Å². The van der Waals surface area contributed by atoms with Gasteiger partial charge in [-0.2, -0.15) is 0 Å². The summed E-state index contributed by atoms with van der Waals surface area (Å²) in [6.07, 6.45) is 0.261. The van der Waals surface area contributed by atoms with E-state index in [-0.39, 0.29) is 18.8 Å². The molecule has 9 heteroatoms. The minimum Gasteiger partial charge on any atom is -0.493 e. The Bertz CT molecular complexity index is 957. The fourth-order valence-electron chi connectivity index (χ4n) is 3.34. The molecular weight excluding hydrogens is 384 g/mol. The number of Topliss-reactive ketones (excluding diaryl/α,β-unsaturated/α-hetero) is 1. The minimum atomic E-state index is -1.25. The van der Waals surface area contributed by atoms with Crippen molar-refractivity contribution in [2.75, 3.05) is 19.8 Å². The summed E-state index contributed by atoms with van der Waals surface area (Å²) in [5.41, 5.74) is -0.692. The van der Waals surface area contributed by atoms with Gasteiger partial charge in [0.1, 0.15) is 12.3 Å². The van der Waals surface area contributed by atoms with Crippen molar-refractivity contribution >= 4 is 35.0 Å². The number of rotatable bonds is 5. The third-order valence-corrected chi connectivity index (χ3v) is 5.62. The maximum Gasteiger partial charge on any atom is 0.326 e. The Labute approximate surface area is 164 Å². The van der Waals surface area contributed by atoms with Gasteiger partial charge in [-0.1, -0.05) is 24.3 Å². The predicted molar refractivity (Wildman–Crippen MR) is 98.1 cm³/mol. The summed E-state index contributed by atoms with van der Waals surface area (Å²) in [5.74, 6) is -1.18. The number of carbonyl (C=O) groups excluding carboxylic acids is 4. The van der Waals surface area contributed by atoms with Crippen LogP contribution in [0.5, 0.6) is 5.75 Å². The van der Waals surface area contributed by atoms with Crippen molar-refractivity contribution in [2.45, 2.75) is 12.0 Å². The second kappa shape index (κ2) is 7.08. The highest BCUT2D eigenvalue weighted by atomic mass is 32.1. The van der Waals surface area contributed by atoms with Crippen molar-refractivity contribution in [2.24, 2.45) is 0 Å². The minimum absolute atomic E-state index is 0.261. The van der Waals surface area contributed by atoms with Crippen LogP contribution in [0.2, 0.25) is 0 Å².